The molecule has 1 N–H and O–H groups in total. The van der Waals surface area contributed by atoms with Crippen LogP contribution in [0.3, 0.4) is 0 Å². The lowest BCUT2D eigenvalue weighted by Gasteiger charge is -2.29. The molecule has 114 valence electrons. The van der Waals surface area contributed by atoms with E-state index in [9.17, 15) is 9.59 Å². The highest BCUT2D eigenvalue weighted by Crippen LogP contribution is 2.35. The minimum Gasteiger partial charge on any atom is -0.481 e. The third kappa shape index (κ3) is 3.35. The van der Waals surface area contributed by atoms with Gasteiger partial charge in [-0.3, -0.25) is 9.59 Å². The average Bonchev–Trinajstić information content (AvgIpc) is 2.41. The van der Waals surface area contributed by atoms with Crippen molar-refractivity contribution in [1.82, 2.24) is 0 Å². The summed E-state index contributed by atoms with van der Waals surface area (Å²) in [6, 6.07) is 5.39. The van der Waals surface area contributed by atoms with Gasteiger partial charge in [-0.1, -0.05) is 27.7 Å². The van der Waals surface area contributed by atoms with Gasteiger partial charge in [0.05, 0.1) is 5.69 Å². The molecule has 1 aliphatic rings. The molecule has 0 bridgehead atoms. The van der Waals surface area contributed by atoms with E-state index in [1.165, 1.54) is 0 Å². The quantitative estimate of drug-likeness (QED) is 0.931. The second kappa shape index (κ2) is 5.76. The van der Waals surface area contributed by atoms with Gasteiger partial charge in [0.2, 0.25) is 5.91 Å². The molecular formula is C16H22N2O3. The van der Waals surface area contributed by atoms with E-state index < -0.39 is 5.41 Å². The van der Waals surface area contributed by atoms with Gasteiger partial charge in [0.1, 0.15) is 5.75 Å². The van der Waals surface area contributed by atoms with Crippen LogP contribution in [0, 0.1) is 5.41 Å². The first-order valence-corrected chi connectivity index (χ1v) is 7.21. The highest BCUT2D eigenvalue weighted by atomic mass is 16.5. The van der Waals surface area contributed by atoms with Gasteiger partial charge in [-0.25, -0.2) is 0 Å². The second-order valence-corrected chi connectivity index (χ2v) is 6.22. The summed E-state index contributed by atoms with van der Waals surface area (Å²) in [6.07, 6.45) is 0.883. The summed E-state index contributed by atoms with van der Waals surface area (Å²) >= 11 is 0. The Hall–Kier alpha value is -2.04. The molecule has 1 aromatic rings. The first kappa shape index (κ1) is 15.4. The van der Waals surface area contributed by atoms with E-state index in [1.54, 1.807) is 17.0 Å². The lowest BCUT2D eigenvalue weighted by Crippen LogP contribution is -2.39. The predicted octanol–water partition coefficient (Wildman–Crippen LogP) is 2.81. The molecule has 0 fully saturated rings. The van der Waals surface area contributed by atoms with Crippen LogP contribution in [0.25, 0.3) is 0 Å². The van der Waals surface area contributed by atoms with Crippen molar-refractivity contribution in [2.24, 2.45) is 5.41 Å². The van der Waals surface area contributed by atoms with E-state index in [2.05, 4.69) is 5.32 Å². The SMILES string of the molecule is CCCN1C(=O)COc2cc(NC(=O)C(C)(C)C)ccc21. The van der Waals surface area contributed by atoms with Crippen LogP contribution in [-0.2, 0) is 9.59 Å². The fourth-order valence-electron chi connectivity index (χ4n) is 2.07. The maximum Gasteiger partial charge on any atom is 0.265 e. The summed E-state index contributed by atoms with van der Waals surface area (Å²) in [5.41, 5.74) is 0.988. The summed E-state index contributed by atoms with van der Waals surface area (Å²) in [5.74, 6) is 0.547. The second-order valence-electron chi connectivity index (χ2n) is 6.22. The number of fused-ring (bicyclic) bond motifs is 1. The maximum absolute atomic E-state index is 12.0. The summed E-state index contributed by atoms with van der Waals surface area (Å²) in [4.78, 5) is 25.6. The van der Waals surface area contributed by atoms with Gasteiger partial charge in [-0.15, -0.1) is 0 Å². The molecule has 5 nitrogen and oxygen atoms in total. The van der Waals surface area contributed by atoms with Crippen molar-refractivity contribution >= 4 is 23.2 Å². The molecule has 0 unspecified atom stereocenters. The standard InChI is InChI=1S/C16H22N2O3/c1-5-8-18-12-7-6-11(17-15(20)16(2,3)4)9-13(12)21-10-14(18)19/h6-7,9H,5,8,10H2,1-4H3,(H,17,20). The van der Waals surface area contributed by atoms with Crippen LogP contribution in [0.2, 0.25) is 0 Å². The Labute approximate surface area is 125 Å². The minimum atomic E-state index is -0.457. The summed E-state index contributed by atoms with van der Waals surface area (Å²) < 4.78 is 5.48. The van der Waals surface area contributed by atoms with Crippen molar-refractivity contribution in [1.29, 1.82) is 0 Å². The van der Waals surface area contributed by atoms with E-state index >= 15 is 0 Å². The van der Waals surface area contributed by atoms with Gasteiger partial charge in [-0.05, 0) is 18.6 Å². The van der Waals surface area contributed by atoms with Crippen molar-refractivity contribution in [3.8, 4) is 5.75 Å². The number of ether oxygens (including phenoxy) is 1. The topological polar surface area (TPSA) is 58.6 Å². The lowest BCUT2D eigenvalue weighted by atomic mass is 9.95. The molecule has 0 aliphatic carbocycles. The van der Waals surface area contributed by atoms with E-state index in [-0.39, 0.29) is 18.4 Å². The Morgan fingerprint density at radius 3 is 2.71 bits per heavy atom. The number of nitrogens with zero attached hydrogens (tertiary/aromatic N) is 1. The predicted molar refractivity (Wildman–Crippen MR) is 82.7 cm³/mol. The first-order chi connectivity index (χ1) is 9.82. The fraction of sp³-hybridized carbons (Fsp3) is 0.500. The first-order valence-electron chi connectivity index (χ1n) is 7.21. The van der Waals surface area contributed by atoms with Crippen LogP contribution < -0.4 is 15.0 Å². The molecule has 5 heteroatoms. The van der Waals surface area contributed by atoms with E-state index in [0.29, 0.717) is 18.0 Å². The van der Waals surface area contributed by atoms with Crippen LogP contribution in [0.5, 0.6) is 5.75 Å². The monoisotopic (exact) mass is 290 g/mol. The maximum atomic E-state index is 12.0. The number of hydrogen-bond donors (Lipinski definition) is 1. The number of nitrogens with one attached hydrogen (secondary N) is 1. The number of carbonyl (C=O) groups excluding carboxylic acids is 2. The van der Waals surface area contributed by atoms with Gasteiger partial charge >= 0.3 is 0 Å². The molecule has 0 aromatic heterocycles. The van der Waals surface area contributed by atoms with Crippen LogP contribution in [-0.4, -0.2) is 25.0 Å². The third-order valence-electron chi connectivity index (χ3n) is 3.29. The molecular weight excluding hydrogens is 268 g/mol. The van der Waals surface area contributed by atoms with Crippen molar-refractivity contribution < 1.29 is 14.3 Å². The van der Waals surface area contributed by atoms with E-state index in [1.807, 2.05) is 33.8 Å². The number of anilines is 2. The normalized spacial score (nSPS) is 14.5. The van der Waals surface area contributed by atoms with Crippen molar-refractivity contribution in [3.05, 3.63) is 18.2 Å². The Morgan fingerprint density at radius 1 is 1.38 bits per heavy atom. The largest absolute Gasteiger partial charge is 0.481 e. The zero-order chi connectivity index (χ0) is 15.6. The van der Waals surface area contributed by atoms with Crippen molar-refractivity contribution in [2.75, 3.05) is 23.4 Å². The molecule has 2 rings (SSSR count). The van der Waals surface area contributed by atoms with E-state index in [0.717, 1.165) is 12.1 Å². The molecule has 0 saturated carbocycles. The van der Waals surface area contributed by atoms with Crippen LogP contribution in [0.1, 0.15) is 34.1 Å². The molecule has 1 heterocycles. The zero-order valence-electron chi connectivity index (χ0n) is 13.0. The third-order valence-corrected chi connectivity index (χ3v) is 3.29. The number of rotatable bonds is 3. The molecule has 0 spiro atoms. The van der Waals surface area contributed by atoms with Gasteiger partial charge in [-0.2, -0.15) is 0 Å². The molecule has 21 heavy (non-hydrogen) atoms. The Bertz CT molecular complexity index is 561. The van der Waals surface area contributed by atoms with Gasteiger partial charge in [0.25, 0.3) is 5.91 Å². The number of amides is 2. The summed E-state index contributed by atoms with van der Waals surface area (Å²) in [6.45, 7) is 8.32. The molecule has 1 aliphatic heterocycles. The van der Waals surface area contributed by atoms with Crippen LogP contribution in [0.15, 0.2) is 18.2 Å². The van der Waals surface area contributed by atoms with E-state index in [4.69, 9.17) is 4.74 Å². The lowest BCUT2D eigenvalue weighted by molar-refractivity contribution is -0.123. The zero-order valence-corrected chi connectivity index (χ0v) is 13.0. The number of benzene rings is 1. The van der Waals surface area contributed by atoms with Crippen LogP contribution in [0.4, 0.5) is 11.4 Å². The smallest absolute Gasteiger partial charge is 0.265 e. The Kier molecular flexibility index (Phi) is 4.21. The summed E-state index contributed by atoms with van der Waals surface area (Å²) in [5, 5.41) is 2.87. The van der Waals surface area contributed by atoms with Gasteiger partial charge in [0.15, 0.2) is 6.61 Å². The highest BCUT2D eigenvalue weighted by molar-refractivity contribution is 5.99. The van der Waals surface area contributed by atoms with Gasteiger partial charge < -0.3 is 15.0 Å². The highest BCUT2D eigenvalue weighted by Gasteiger charge is 2.26. The summed E-state index contributed by atoms with van der Waals surface area (Å²) in [7, 11) is 0. The number of carbonyl (C=O) groups is 2. The minimum absolute atomic E-state index is 0.0316. The molecule has 0 radical (unpaired) electrons. The molecule has 0 atom stereocenters. The number of hydrogen-bond acceptors (Lipinski definition) is 3. The fourth-order valence-corrected chi connectivity index (χ4v) is 2.07. The Morgan fingerprint density at radius 2 is 2.10 bits per heavy atom. The van der Waals surface area contributed by atoms with Crippen LogP contribution >= 0.6 is 0 Å². The van der Waals surface area contributed by atoms with Crippen molar-refractivity contribution in [3.63, 3.8) is 0 Å². The molecule has 1 aromatic carbocycles. The van der Waals surface area contributed by atoms with Crippen molar-refractivity contribution in [2.45, 2.75) is 34.1 Å². The Balaban J connectivity index is 2.24. The average molecular weight is 290 g/mol. The van der Waals surface area contributed by atoms with Gasteiger partial charge in [0, 0.05) is 23.7 Å². The molecule has 0 saturated heterocycles. The molecule has 2 amide bonds.